The molecule has 0 saturated heterocycles. The van der Waals surface area contributed by atoms with E-state index in [-0.39, 0.29) is 0 Å². The van der Waals surface area contributed by atoms with Crippen LogP contribution in [0.3, 0.4) is 0 Å². The molecule has 2 rings (SSSR count). The average molecular weight is 181 g/mol. The smallest absolute Gasteiger partial charge is 0.000977 e. The van der Waals surface area contributed by atoms with Crippen LogP contribution >= 0.6 is 0 Å². The van der Waals surface area contributed by atoms with E-state index in [0.717, 1.165) is 11.8 Å². The minimum atomic E-state index is 0.559. The maximum absolute atomic E-state index is 3.62. The van der Waals surface area contributed by atoms with Crippen LogP contribution in [0.1, 0.15) is 40.5 Å². The van der Waals surface area contributed by atoms with Gasteiger partial charge >= 0.3 is 0 Å². The fourth-order valence-electron chi connectivity index (χ4n) is 2.60. The van der Waals surface area contributed by atoms with Crippen LogP contribution in [0, 0.1) is 22.7 Å². The molecule has 0 aliphatic heterocycles. The maximum atomic E-state index is 3.62. The van der Waals surface area contributed by atoms with Gasteiger partial charge in [0.25, 0.3) is 0 Å². The van der Waals surface area contributed by atoms with E-state index in [0.29, 0.717) is 10.8 Å². The highest BCUT2D eigenvalue weighted by atomic mass is 14.9. The van der Waals surface area contributed by atoms with Gasteiger partial charge in [0.15, 0.2) is 0 Å². The van der Waals surface area contributed by atoms with Crippen molar-refractivity contribution in [2.75, 3.05) is 13.1 Å². The minimum absolute atomic E-state index is 0.559. The molecule has 2 aliphatic carbocycles. The second-order valence-corrected chi connectivity index (χ2v) is 6.10. The van der Waals surface area contributed by atoms with Crippen LogP contribution in [0.4, 0.5) is 0 Å². The Hall–Kier alpha value is -0.0400. The van der Waals surface area contributed by atoms with Crippen LogP contribution in [0.15, 0.2) is 0 Å². The molecule has 13 heavy (non-hydrogen) atoms. The number of rotatable bonds is 4. The lowest BCUT2D eigenvalue weighted by molar-refractivity contribution is 0.457. The van der Waals surface area contributed by atoms with Gasteiger partial charge in [-0.05, 0) is 48.6 Å². The molecule has 2 fully saturated rings. The summed E-state index contributed by atoms with van der Waals surface area (Å²) >= 11 is 0. The summed E-state index contributed by atoms with van der Waals surface area (Å²) in [4.78, 5) is 0. The second kappa shape index (κ2) is 2.73. The second-order valence-electron chi connectivity index (χ2n) is 6.10. The van der Waals surface area contributed by atoms with Gasteiger partial charge in [-0.15, -0.1) is 0 Å². The van der Waals surface area contributed by atoms with Crippen molar-refractivity contribution in [3.8, 4) is 0 Å². The topological polar surface area (TPSA) is 12.0 Å². The first-order valence-electron chi connectivity index (χ1n) is 5.67. The fraction of sp³-hybridized carbons (Fsp3) is 1.00. The zero-order valence-corrected chi connectivity index (χ0v) is 9.48. The fourth-order valence-corrected chi connectivity index (χ4v) is 2.60. The van der Waals surface area contributed by atoms with Crippen molar-refractivity contribution in [1.82, 2.24) is 5.32 Å². The number of nitrogens with one attached hydrogen (secondary N) is 1. The Morgan fingerprint density at radius 2 is 1.54 bits per heavy atom. The SMILES string of the molecule is CC1(C)C(CNCC2CC2)C1(C)C. The minimum Gasteiger partial charge on any atom is -0.316 e. The number of hydrogen-bond donors (Lipinski definition) is 1. The van der Waals surface area contributed by atoms with Crippen molar-refractivity contribution in [1.29, 1.82) is 0 Å². The Balaban J connectivity index is 1.71. The zero-order chi connectivity index (χ0) is 9.69. The molecule has 0 aromatic heterocycles. The molecule has 1 N–H and O–H groups in total. The van der Waals surface area contributed by atoms with Gasteiger partial charge in [-0.3, -0.25) is 0 Å². The third-order valence-corrected chi connectivity index (χ3v) is 4.80. The van der Waals surface area contributed by atoms with Crippen molar-refractivity contribution in [2.45, 2.75) is 40.5 Å². The quantitative estimate of drug-likeness (QED) is 0.703. The normalized spacial score (nSPS) is 30.5. The van der Waals surface area contributed by atoms with E-state index in [9.17, 15) is 0 Å². The van der Waals surface area contributed by atoms with E-state index in [2.05, 4.69) is 33.0 Å². The van der Waals surface area contributed by atoms with Crippen molar-refractivity contribution in [3.63, 3.8) is 0 Å². The Labute approximate surface area is 82.3 Å². The van der Waals surface area contributed by atoms with Crippen molar-refractivity contribution in [2.24, 2.45) is 22.7 Å². The van der Waals surface area contributed by atoms with Crippen molar-refractivity contribution < 1.29 is 0 Å². The van der Waals surface area contributed by atoms with Crippen molar-refractivity contribution in [3.05, 3.63) is 0 Å². The standard InChI is InChI=1S/C12H23N/c1-11(2)10(12(11,3)4)8-13-7-9-5-6-9/h9-10,13H,5-8H2,1-4H3. The largest absolute Gasteiger partial charge is 0.316 e. The van der Waals surface area contributed by atoms with Crippen LogP contribution in [0.5, 0.6) is 0 Å². The molecule has 1 heteroatoms. The lowest BCUT2D eigenvalue weighted by Crippen LogP contribution is -2.21. The average Bonchev–Trinajstić information content (AvgIpc) is 2.86. The Kier molecular flexibility index (Phi) is 1.99. The van der Waals surface area contributed by atoms with E-state index in [1.807, 2.05) is 0 Å². The van der Waals surface area contributed by atoms with Crippen LogP contribution in [0.2, 0.25) is 0 Å². The van der Waals surface area contributed by atoms with Gasteiger partial charge in [0.2, 0.25) is 0 Å². The molecule has 0 heterocycles. The molecule has 0 atom stereocenters. The summed E-state index contributed by atoms with van der Waals surface area (Å²) in [6.07, 6.45) is 2.93. The predicted octanol–water partition coefficient (Wildman–Crippen LogP) is 2.67. The molecule has 0 aromatic rings. The molecule has 0 radical (unpaired) electrons. The Morgan fingerprint density at radius 3 is 1.92 bits per heavy atom. The van der Waals surface area contributed by atoms with Gasteiger partial charge in [-0.2, -0.15) is 0 Å². The Morgan fingerprint density at radius 1 is 1.00 bits per heavy atom. The van der Waals surface area contributed by atoms with Gasteiger partial charge in [-0.25, -0.2) is 0 Å². The van der Waals surface area contributed by atoms with Gasteiger partial charge in [-0.1, -0.05) is 27.7 Å². The summed E-state index contributed by atoms with van der Waals surface area (Å²) in [6, 6.07) is 0. The first-order valence-corrected chi connectivity index (χ1v) is 5.67. The van der Waals surface area contributed by atoms with Gasteiger partial charge in [0.05, 0.1) is 0 Å². The summed E-state index contributed by atoms with van der Waals surface area (Å²) in [5, 5.41) is 3.62. The highest BCUT2D eigenvalue weighted by molar-refractivity contribution is 5.12. The molecular formula is C12H23N. The van der Waals surface area contributed by atoms with E-state index in [4.69, 9.17) is 0 Å². The van der Waals surface area contributed by atoms with Crippen LogP contribution in [-0.2, 0) is 0 Å². The third kappa shape index (κ3) is 1.52. The van der Waals surface area contributed by atoms with E-state index >= 15 is 0 Å². The molecule has 2 aliphatic rings. The van der Waals surface area contributed by atoms with E-state index < -0.39 is 0 Å². The maximum Gasteiger partial charge on any atom is -0.000977 e. The third-order valence-electron chi connectivity index (χ3n) is 4.80. The summed E-state index contributed by atoms with van der Waals surface area (Å²) in [6.45, 7) is 12.1. The highest BCUT2D eigenvalue weighted by Crippen LogP contribution is 2.67. The first-order chi connectivity index (χ1) is 5.96. The van der Waals surface area contributed by atoms with Gasteiger partial charge in [0, 0.05) is 0 Å². The van der Waals surface area contributed by atoms with E-state index in [1.54, 1.807) is 0 Å². The molecule has 0 aromatic carbocycles. The monoisotopic (exact) mass is 181 g/mol. The van der Waals surface area contributed by atoms with Gasteiger partial charge in [0.1, 0.15) is 0 Å². The molecule has 0 spiro atoms. The summed E-state index contributed by atoms with van der Waals surface area (Å²) in [7, 11) is 0. The molecular weight excluding hydrogens is 158 g/mol. The molecule has 2 saturated carbocycles. The lowest BCUT2D eigenvalue weighted by Gasteiger charge is -2.04. The lowest BCUT2D eigenvalue weighted by atomic mass is 10.0. The summed E-state index contributed by atoms with van der Waals surface area (Å²) < 4.78 is 0. The molecule has 0 amide bonds. The molecule has 0 unspecified atom stereocenters. The van der Waals surface area contributed by atoms with Crippen molar-refractivity contribution >= 4 is 0 Å². The van der Waals surface area contributed by atoms with Crippen LogP contribution < -0.4 is 5.32 Å². The molecule has 0 bridgehead atoms. The zero-order valence-electron chi connectivity index (χ0n) is 9.48. The van der Waals surface area contributed by atoms with E-state index in [1.165, 1.54) is 25.9 Å². The molecule has 76 valence electrons. The predicted molar refractivity (Wildman–Crippen MR) is 56.6 cm³/mol. The Bertz CT molecular complexity index is 187. The summed E-state index contributed by atoms with van der Waals surface area (Å²) in [5.41, 5.74) is 1.12. The summed E-state index contributed by atoms with van der Waals surface area (Å²) in [5.74, 6) is 1.91. The van der Waals surface area contributed by atoms with Crippen LogP contribution in [0.25, 0.3) is 0 Å². The first kappa shape index (κ1) is 9.51. The highest BCUT2D eigenvalue weighted by Gasteiger charge is 2.63. The molecule has 1 nitrogen and oxygen atoms in total. The van der Waals surface area contributed by atoms with Gasteiger partial charge < -0.3 is 5.32 Å². The number of hydrogen-bond acceptors (Lipinski definition) is 1. The van der Waals surface area contributed by atoms with Crippen LogP contribution in [-0.4, -0.2) is 13.1 Å².